The third-order valence-electron chi connectivity index (χ3n) is 2.84. The molecule has 0 radical (unpaired) electrons. The van der Waals surface area contributed by atoms with Crippen LogP contribution >= 0.6 is 0 Å². The molecule has 0 unspecified atom stereocenters. The van der Waals surface area contributed by atoms with Crippen molar-refractivity contribution in [2.24, 2.45) is 0 Å². The summed E-state index contributed by atoms with van der Waals surface area (Å²) in [5, 5.41) is 3.41. The highest BCUT2D eigenvalue weighted by atomic mass is 16.5. The first-order chi connectivity index (χ1) is 9.34. The monoisotopic (exact) mass is 263 g/mol. The molecule has 1 N–H and O–H groups in total. The van der Waals surface area contributed by atoms with Gasteiger partial charge < -0.3 is 14.8 Å². The molecule has 1 aromatic rings. The van der Waals surface area contributed by atoms with Gasteiger partial charge in [0.1, 0.15) is 0 Å². The van der Waals surface area contributed by atoms with Crippen molar-refractivity contribution in [2.75, 3.05) is 40.0 Å². The Labute approximate surface area is 116 Å². The zero-order valence-electron chi connectivity index (χ0n) is 11.9. The van der Waals surface area contributed by atoms with Crippen molar-refractivity contribution in [3.63, 3.8) is 0 Å². The summed E-state index contributed by atoms with van der Waals surface area (Å²) in [6.07, 6.45) is 2.20. The molecule has 0 saturated heterocycles. The first-order valence-electron chi connectivity index (χ1n) is 6.85. The van der Waals surface area contributed by atoms with Crippen LogP contribution in [0.25, 0.3) is 5.57 Å². The first kappa shape index (κ1) is 15.9. The lowest BCUT2D eigenvalue weighted by Crippen LogP contribution is -2.18. The van der Waals surface area contributed by atoms with E-state index in [1.54, 1.807) is 7.11 Å². The Bertz CT molecular complexity index is 338. The number of benzene rings is 1. The molecule has 0 saturated carbocycles. The molecule has 19 heavy (non-hydrogen) atoms. The molecule has 0 aliphatic heterocycles. The van der Waals surface area contributed by atoms with Gasteiger partial charge in [-0.05, 0) is 30.5 Å². The van der Waals surface area contributed by atoms with Crippen LogP contribution in [0.5, 0.6) is 0 Å². The number of nitrogens with one attached hydrogen (secondary N) is 1. The van der Waals surface area contributed by atoms with Gasteiger partial charge in [0.15, 0.2) is 0 Å². The van der Waals surface area contributed by atoms with Gasteiger partial charge in [-0.2, -0.15) is 0 Å². The molecule has 0 bridgehead atoms. The molecule has 0 aromatic heterocycles. The minimum absolute atomic E-state index is 0.676. The van der Waals surface area contributed by atoms with Crippen molar-refractivity contribution in [1.29, 1.82) is 0 Å². The van der Waals surface area contributed by atoms with Gasteiger partial charge in [-0.15, -0.1) is 0 Å². The third-order valence-corrected chi connectivity index (χ3v) is 2.84. The predicted octanol–water partition coefficient (Wildman–Crippen LogP) is 2.73. The second kappa shape index (κ2) is 10.7. The van der Waals surface area contributed by atoms with Crippen LogP contribution in [0.2, 0.25) is 0 Å². The zero-order chi connectivity index (χ0) is 13.8. The number of methoxy groups -OCH3 is 1. The van der Waals surface area contributed by atoms with Crippen molar-refractivity contribution < 1.29 is 9.47 Å². The SMILES string of the molecule is C=C(CNCCCCOCCOC)c1ccccc1. The van der Waals surface area contributed by atoms with Crippen molar-refractivity contribution in [3.8, 4) is 0 Å². The summed E-state index contributed by atoms with van der Waals surface area (Å²) in [4.78, 5) is 0. The van der Waals surface area contributed by atoms with E-state index in [2.05, 4.69) is 24.0 Å². The Morgan fingerprint density at radius 3 is 2.63 bits per heavy atom. The van der Waals surface area contributed by atoms with Crippen molar-refractivity contribution in [2.45, 2.75) is 12.8 Å². The molecule has 1 aromatic carbocycles. The van der Waals surface area contributed by atoms with Gasteiger partial charge in [0.25, 0.3) is 0 Å². The quantitative estimate of drug-likeness (QED) is 0.623. The third kappa shape index (κ3) is 7.78. The maximum absolute atomic E-state index is 5.40. The Hall–Kier alpha value is -1.16. The average molecular weight is 263 g/mol. The summed E-state index contributed by atoms with van der Waals surface area (Å²) in [7, 11) is 1.69. The Morgan fingerprint density at radius 1 is 1.11 bits per heavy atom. The summed E-state index contributed by atoms with van der Waals surface area (Å²) < 4.78 is 10.3. The maximum Gasteiger partial charge on any atom is 0.0700 e. The summed E-state index contributed by atoms with van der Waals surface area (Å²) in [5.41, 5.74) is 2.34. The molecular formula is C16H25NO2. The number of rotatable bonds is 11. The van der Waals surface area contributed by atoms with Gasteiger partial charge in [-0.3, -0.25) is 0 Å². The van der Waals surface area contributed by atoms with Crippen LogP contribution < -0.4 is 5.32 Å². The van der Waals surface area contributed by atoms with E-state index >= 15 is 0 Å². The van der Waals surface area contributed by atoms with E-state index < -0.39 is 0 Å². The molecule has 0 aliphatic carbocycles. The fraction of sp³-hybridized carbons (Fsp3) is 0.500. The van der Waals surface area contributed by atoms with Crippen LogP contribution in [-0.4, -0.2) is 40.0 Å². The van der Waals surface area contributed by atoms with E-state index in [1.165, 1.54) is 5.56 Å². The molecule has 106 valence electrons. The van der Waals surface area contributed by atoms with E-state index in [9.17, 15) is 0 Å². The molecular weight excluding hydrogens is 238 g/mol. The highest BCUT2D eigenvalue weighted by molar-refractivity contribution is 5.64. The summed E-state index contributed by atoms with van der Waals surface area (Å²) in [6, 6.07) is 10.3. The van der Waals surface area contributed by atoms with Gasteiger partial charge in [-0.1, -0.05) is 36.9 Å². The minimum Gasteiger partial charge on any atom is -0.382 e. The number of hydrogen-bond acceptors (Lipinski definition) is 3. The van der Waals surface area contributed by atoms with E-state index in [0.717, 1.165) is 38.1 Å². The molecule has 3 nitrogen and oxygen atoms in total. The fourth-order valence-electron chi connectivity index (χ4n) is 1.71. The van der Waals surface area contributed by atoms with Crippen LogP contribution in [-0.2, 0) is 9.47 Å². The Kier molecular flexibility index (Phi) is 8.98. The van der Waals surface area contributed by atoms with Crippen molar-refractivity contribution in [1.82, 2.24) is 5.32 Å². The predicted molar refractivity (Wildman–Crippen MR) is 80.3 cm³/mol. The largest absolute Gasteiger partial charge is 0.382 e. The van der Waals surface area contributed by atoms with Crippen LogP contribution in [0, 0.1) is 0 Å². The Morgan fingerprint density at radius 2 is 1.89 bits per heavy atom. The number of hydrogen-bond donors (Lipinski definition) is 1. The second-order valence-corrected chi connectivity index (χ2v) is 4.46. The lowest BCUT2D eigenvalue weighted by atomic mass is 10.1. The van der Waals surface area contributed by atoms with E-state index in [4.69, 9.17) is 9.47 Å². The Balaban J connectivity index is 1.95. The minimum atomic E-state index is 0.676. The normalized spacial score (nSPS) is 10.6. The molecule has 1 rings (SSSR count). The van der Waals surface area contributed by atoms with E-state index in [1.807, 2.05) is 18.2 Å². The highest BCUT2D eigenvalue weighted by Gasteiger charge is 1.97. The fourth-order valence-corrected chi connectivity index (χ4v) is 1.71. The second-order valence-electron chi connectivity index (χ2n) is 4.46. The number of unbranched alkanes of at least 4 members (excludes halogenated alkanes) is 1. The van der Waals surface area contributed by atoms with Crippen molar-refractivity contribution in [3.05, 3.63) is 42.5 Å². The topological polar surface area (TPSA) is 30.5 Å². The first-order valence-corrected chi connectivity index (χ1v) is 6.85. The average Bonchev–Trinajstić information content (AvgIpc) is 2.46. The van der Waals surface area contributed by atoms with E-state index in [0.29, 0.717) is 13.2 Å². The van der Waals surface area contributed by atoms with Gasteiger partial charge in [0.05, 0.1) is 13.2 Å². The van der Waals surface area contributed by atoms with Crippen molar-refractivity contribution >= 4 is 5.57 Å². The van der Waals surface area contributed by atoms with Crippen LogP contribution in [0.3, 0.4) is 0 Å². The van der Waals surface area contributed by atoms with Gasteiger partial charge in [-0.25, -0.2) is 0 Å². The van der Waals surface area contributed by atoms with Gasteiger partial charge in [0.2, 0.25) is 0 Å². The summed E-state index contributed by atoms with van der Waals surface area (Å²) in [5.74, 6) is 0. The van der Waals surface area contributed by atoms with Crippen LogP contribution in [0.15, 0.2) is 36.9 Å². The molecule has 0 atom stereocenters. The molecule has 0 aliphatic rings. The van der Waals surface area contributed by atoms with Crippen LogP contribution in [0.4, 0.5) is 0 Å². The lowest BCUT2D eigenvalue weighted by Gasteiger charge is -2.08. The summed E-state index contributed by atoms with van der Waals surface area (Å²) >= 11 is 0. The maximum atomic E-state index is 5.40. The molecule has 0 spiro atoms. The lowest BCUT2D eigenvalue weighted by molar-refractivity contribution is 0.0688. The molecule has 3 heteroatoms. The smallest absolute Gasteiger partial charge is 0.0700 e. The molecule has 0 heterocycles. The van der Waals surface area contributed by atoms with Crippen LogP contribution in [0.1, 0.15) is 18.4 Å². The number of ether oxygens (including phenoxy) is 2. The molecule has 0 fully saturated rings. The molecule has 0 amide bonds. The van der Waals surface area contributed by atoms with Gasteiger partial charge in [0, 0.05) is 20.3 Å². The summed E-state index contributed by atoms with van der Waals surface area (Å²) in [6.45, 7) is 8.11. The standard InChI is InChI=1S/C16H25NO2/c1-15(16-8-4-3-5-9-16)14-17-10-6-7-11-19-13-12-18-2/h3-5,8-9,17H,1,6-7,10-14H2,2H3. The van der Waals surface area contributed by atoms with Gasteiger partial charge >= 0.3 is 0 Å². The van der Waals surface area contributed by atoms with E-state index in [-0.39, 0.29) is 0 Å². The zero-order valence-corrected chi connectivity index (χ0v) is 11.9. The highest BCUT2D eigenvalue weighted by Crippen LogP contribution is 2.09.